The fourth-order valence-electron chi connectivity index (χ4n) is 2.90. The highest BCUT2D eigenvalue weighted by Gasteiger charge is 2.35. The van der Waals surface area contributed by atoms with Gasteiger partial charge >= 0.3 is 12.0 Å². The third-order valence-corrected chi connectivity index (χ3v) is 4.85. The molecule has 0 unspecified atom stereocenters. The highest BCUT2D eigenvalue weighted by atomic mass is 32.1. The molecule has 1 fully saturated rings. The molecule has 1 aliphatic carbocycles. The summed E-state index contributed by atoms with van der Waals surface area (Å²) in [5.74, 6) is -0.851. The van der Waals surface area contributed by atoms with Gasteiger partial charge in [0.25, 0.3) is 0 Å². The zero-order valence-corrected chi connectivity index (χ0v) is 12.9. The smallest absolute Gasteiger partial charge is 0.315 e. The van der Waals surface area contributed by atoms with Crippen LogP contribution in [0.5, 0.6) is 0 Å². The normalized spacial score (nSPS) is 17.1. The Labute approximate surface area is 128 Å². The number of carboxylic acid groups (broad SMARTS) is 1. The number of thiophene rings is 1. The topological polar surface area (TPSA) is 78.4 Å². The Morgan fingerprint density at radius 2 is 2.05 bits per heavy atom. The Balaban J connectivity index is 1.81. The first-order chi connectivity index (χ1) is 10.1. The van der Waals surface area contributed by atoms with Crippen molar-refractivity contribution < 1.29 is 14.7 Å². The molecule has 0 radical (unpaired) electrons. The summed E-state index contributed by atoms with van der Waals surface area (Å²) in [5, 5.41) is 16.8. The van der Waals surface area contributed by atoms with Gasteiger partial charge in [0.15, 0.2) is 0 Å². The molecule has 3 N–H and O–H groups in total. The summed E-state index contributed by atoms with van der Waals surface area (Å²) in [6.45, 7) is 0.565. The van der Waals surface area contributed by atoms with E-state index in [2.05, 4.69) is 10.6 Å². The van der Waals surface area contributed by atoms with Crippen molar-refractivity contribution in [2.24, 2.45) is 0 Å². The molecule has 2 amide bonds. The molecule has 0 atom stereocenters. The van der Waals surface area contributed by atoms with Crippen LogP contribution in [0.3, 0.4) is 0 Å². The van der Waals surface area contributed by atoms with Crippen LogP contribution in [0.25, 0.3) is 0 Å². The Morgan fingerprint density at radius 3 is 2.67 bits per heavy atom. The van der Waals surface area contributed by atoms with E-state index in [1.54, 1.807) is 11.3 Å². The Bertz CT molecular complexity index is 467. The van der Waals surface area contributed by atoms with Gasteiger partial charge in [-0.25, -0.2) is 4.79 Å². The van der Waals surface area contributed by atoms with E-state index < -0.39 is 11.5 Å². The van der Waals surface area contributed by atoms with Crippen molar-refractivity contribution in [3.8, 4) is 0 Å². The molecule has 21 heavy (non-hydrogen) atoms. The molecule has 0 aliphatic heterocycles. The summed E-state index contributed by atoms with van der Waals surface area (Å²) >= 11 is 1.67. The number of rotatable bonds is 6. The van der Waals surface area contributed by atoms with Crippen LogP contribution in [-0.2, 0) is 11.2 Å². The molecule has 6 heteroatoms. The molecule has 1 aromatic rings. The van der Waals surface area contributed by atoms with Crippen molar-refractivity contribution in [2.45, 2.75) is 50.5 Å². The summed E-state index contributed by atoms with van der Waals surface area (Å²) < 4.78 is 0. The lowest BCUT2D eigenvalue weighted by molar-refractivity contribution is -0.139. The van der Waals surface area contributed by atoms with Gasteiger partial charge in [0, 0.05) is 11.4 Å². The maximum absolute atomic E-state index is 12.0. The van der Waals surface area contributed by atoms with Crippen LogP contribution in [0.2, 0.25) is 0 Å². The molecule has 2 rings (SSSR count). The van der Waals surface area contributed by atoms with Gasteiger partial charge in [-0.15, -0.1) is 11.3 Å². The second kappa shape index (κ2) is 7.45. The zero-order chi connectivity index (χ0) is 15.1. The van der Waals surface area contributed by atoms with Gasteiger partial charge in [-0.1, -0.05) is 25.3 Å². The highest BCUT2D eigenvalue weighted by Crippen LogP contribution is 2.31. The minimum absolute atomic E-state index is 0.00530. The summed E-state index contributed by atoms with van der Waals surface area (Å²) in [5.41, 5.74) is -0.572. The maximum atomic E-state index is 12.0. The molecule has 1 saturated carbocycles. The van der Waals surface area contributed by atoms with E-state index in [1.165, 1.54) is 4.88 Å². The third kappa shape index (κ3) is 5.04. The lowest BCUT2D eigenvalue weighted by atomic mass is 9.79. The van der Waals surface area contributed by atoms with Crippen LogP contribution < -0.4 is 10.6 Å². The lowest BCUT2D eigenvalue weighted by Gasteiger charge is -2.36. The van der Waals surface area contributed by atoms with Crippen LogP contribution >= 0.6 is 11.3 Å². The van der Waals surface area contributed by atoms with Gasteiger partial charge in [-0.2, -0.15) is 0 Å². The quantitative estimate of drug-likeness (QED) is 0.756. The van der Waals surface area contributed by atoms with E-state index in [1.807, 2.05) is 17.5 Å². The van der Waals surface area contributed by atoms with Gasteiger partial charge < -0.3 is 15.7 Å². The second-order valence-electron chi connectivity index (χ2n) is 5.62. The molecule has 1 heterocycles. The van der Waals surface area contributed by atoms with Gasteiger partial charge in [-0.3, -0.25) is 4.79 Å². The van der Waals surface area contributed by atoms with E-state index in [-0.39, 0.29) is 12.5 Å². The van der Waals surface area contributed by atoms with Crippen molar-refractivity contribution >= 4 is 23.3 Å². The second-order valence-corrected chi connectivity index (χ2v) is 6.65. The predicted octanol–water partition coefficient (Wildman–Crippen LogP) is 2.77. The first-order valence-corrected chi connectivity index (χ1v) is 8.28. The van der Waals surface area contributed by atoms with Crippen LogP contribution in [0, 0.1) is 0 Å². The third-order valence-electron chi connectivity index (χ3n) is 3.92. The Hall–Kier alpha value is -1.56. The molecular weight excluding hydrogens is 288 g/mol. The Morgan fingerprint density at radius 1 is 1.29 bits per heavy atom. The summed E-state index contributed by atoms with van der Waals surface area (Å²) in [4.78, 5) is 24.3. The first kappa shape index (κ1) is 15.8. The SMILES string of the molecule is O=C(O)CC1(NC(=O)NCCc2cccs2)CCCCC1. The van der Waals surface area contributed by atoms with Crippen molar-refractivity contribution in [3.05, 3.63) is 22.4 Å². The average molecular weight is 310 g/mol. The monoisotopic (exact) mass is 310 g/mol. The average Bonchev–Trinajstić information content (AvgIpc) is 2.91. The van der Waals surface area contributed by atoms with Gasteiger partial charge in [-0.05, 0) is 30.7 Å². The van der Waals surface area contributed by atoms with E-state index in [9.17, 15) is 9.59 Å². The van der Waals surface area contributed by atoms with Gasteiger partial charge in [0.2, 0.25) is 0 Å². The Kier molecular flexibility index (Phi) is 5.61. The van der Waals surface area contributed by atoms with Crippen molar-refractivity contribution in [1.82, 2.24) is 10.6 Å². The number of carbonyl (C=O) groups is 2. The molecule has 0 aromatic carbocycles. The largest absolute Gasteiger partial charge is 0.481 e. The number of hydrogen-bond donors (Lipinski definition) is 3. The summed E-state index contributed by atoms with van der Waals surface area (Å²) in [6.07, 6.45) is 5.37. The van der Waals surface area contributed by atoms with Crippen LogP contribution in [0.1, 0.15) is 43.4 Å². The van der Waals surface area contributed by atoms with Crippen molar-refractivity contribution in [2.75, 3.05) is 6.54 Å². The van der Waals surface area contributed by atoms with Crippen molar-refractivity contribution in [3.63, 3.8) is 0 Å². The van der Waals surface area contributed by atoms with Crippen molar-refractivity contribution in [1.29, 1.82) is 0 Å². The summed E-state index contributed by atoms with van der Waals surface area (Å²) in [7, 11) is 0. The fourth-order valence-corrected chi connectivity index (χ4v) is 3.61. The minimum Gasteiger partial charge on any atom is -0.481 e. The molecule has 0 spiro atoms. The van der Waals surface area contributed by atoms with Crippen LogP contribution in [0.4, 0.5) is 4.79 Å². The minimum atomic E-state index is -0.851. The molecule has 1 aromatic heterocycles. The van der Waals surface area contributed by atoms with E-state index in [0.29, 0.717) is 6.54 Å². The molecule has 0 saturated heterocycles. The van der Waals surface area contributed by atoms with Crippen LogP contribution in [-0.4, -0.2) is 29.2 Å². The number of carbonyl (C=O) groups excluding carboxylic acids is 1. The zero-order valence-electron chi connectivity index (χ0n) is 12.1. The first-order valence-electron chi connectivity index (χ1n) is 7.40. The number of amides is 2. The van der Waals surface area contributed by atoms with E-state index in [4.69, 9.17) is 5.11 Å². The molecule has 5 nitrogen and oxygen atoms in total. The van der Waals surface area contributed by atoms with E-state index >= 15 is 0 Å². The number of hydrogen-bond acceptors (Lipinski definition) is 3. The maximum Gasteiger partial charge on any atom is 0.315 e. The molecule has 0 bridgehead atoms. The van der Waals surface area contributed by atoms with E-state index in [0.717, 1.165) is 38.5 Å². The molecule has 116 valence electrons. The van der Waals surface area contributed by atoms with Gasteiger partial charge in [0.05, 0.1) is 12.0 Å². The predicted molar refractivity (Wildman–Crippen MR) is 82.6 cm³/mol. The number of aliphatic carboxylic acids is 1. The lowest BCUT2D eigenvalue weighted by Crippen LogP contribution is -2.54. The number of carboxylic acids is 1. The standard InChI is InChI=1S/C15H22N2O3S/c18-13(19)11-15(7-2-1-3-8-15)17-14(20)16-9-6-12-5-4-10-21-12/h4-5,10H,1-3,6-9,11H2,(H,18,19)(H2,16,17,20). The number of nitrogens with one attached hydrogen (secondary N) is 2. The molecule has 1 aliphatic rings. The van der Waals surface area contributed by atoms with Crippen LogP contribution in [0.15, 0.2) is 17.5 Å². The molecular formula is C15H22N2O3S. The number of urea groups is 1. The van der Waals surface area contributed by atoms with Gasteiger partial charge in [0.1, 0.15) is 0 Å². The highest BCUT2D eigenvalue weighted by molar-refractivity contribution is 7.09. The fraction of sp³-hybridized carbons (Fsp3) is 0.600. The summed E-state index contributed by atoms with van der Waals surface area (Å²) in [6, 6.07) is 3.77.